The van der Waals surface area contributed by atoms with Crippen molar-refractivity contribution in [1.82, 2.24) is 4.90 Å². The molecule has 1 amide bonds. The summed E-state index contributed by atoms with van der Waals surface area (Å²) in [5.74, 6) is 2.75. The summed E-state index contributed by atoms with van der Waals surface area (Å²) in [6.45, 7) is 0.818. The van der Waals surface area contributed by atoms with Crippen LogP contribution >= 0.6 is 0 Å². The number of likely N-dealkylation sites (tertiary alicyclic amines) is 1. The Morgan fingerprint density at radius 1 is 1.05 bits per heavy atom. The molecule has 5 fully saturated rings. The summed E-state index contributed by atoms with van der Waals surface area (Å²) < 4.78 is 0. The third-order valence-corrected chi connectivity index (χ3v) is 6.40. The van der Waals surface area contributed by atoms with E-state index in [2.05, 4.69) is 6.07 Å². The molecule has 0 aromatic heterocycles. The summed E-state index contributed by atoms with van der Waals surface area (Å²) in [6.07, 6.45) is 10.5. The molecule has 1 atom stereocenters. The number of nitrogens with zero attached hydrogens (tertiary/aromatic N) is 2. The number of carbonyl (C=O) groups excluding carboxylic acids is 1. The number of carbonyl (C=O) groups is 1. The lowest BCUT2D eigenvalue weighted by Gasteiger charge is -2.57. The van der Waals surface area contributed by atoms with Crippen LogP contribution in [0.25, 0.3) is 0 Å². The fraction of sp³-hybridized carbons (Fsp3) is 0.882. The van der Waals surface area contributed by atoms with Gasteiger partial charge in [-0.3, -0.25) is 4.79 Å². The van der Waals surface area contributed by atoms with Crippen LogP contribution in [-0.4, -0.2) is 23.4 Å². The second kappa shape index (κ2) is 4.48. The first-order valence-electron chi connectivity index (χ1n) is 8.41. The normalized spacial score (nSPS) is 46.2. The van der Waals surface area contributed by atoms with Crippen LogP contribution in [0.1, 0.15) is 57.8 Å². The van der Waals surface area contributed by atoms with Crippen LogP contribution in [0.5, 0.6) is 0 Å². The van der Waals surface area contributed by atoms with Crippen molar-refractivity contribution < 1.29 is 4.79 Å². The molecular formula is C17H24N2O. The second-order valence-corrected chi connectivity index (χ2v) is 7.84. The van der Waals surface area contributed by atoms with Crippen molar-refractivity contribution in [1.29, 1.82) is 5.26 Å². The number of piperidine rings is 1. The Morgan fingerprint density at radius 2 is 1.65 bits per heavy atom. The van der Waals surface area contributed by atoms with Gasteiger partial charge in [-0.15, -0.1) is 0 Å². The van der Waals surface area contributed by atoms with Crippen molar-refractivity contribution in [3.63, 3.8) is 0 Å². The first kappa shape index (κ1) is 12.7. The van der Waals surface area contributed by atoms with Crippen molar-refractivity contribution in [2.45, 2.75) is 63.8 Å². The van der Waals surface area contributed by atoms with Gasteiger partial charge in [0.2, 0.25) is 5.91 Å². The Hall–Kier alpha value is -1.04. The molecule has 3 heteroatoms. The predicted octanol–water partition coefficient (Wildman–Crippen LogP) is 3.11. The maximum absolute atomic E-state index is 13.2. The van der Waals surface area contributed by atoms with Crippen LogP contribution in [-0.2, 0) is 4.79 Å². The summed E-state index contributed by atoms with van der Waals surface area (Å²) in [6, 6.07) is 2.22. The fourth-order valence-electron chi connectivity index (χ4n) is 5.99. The van der Waals surface area contributed by atoms with Crippen LogP contribution in [0.3, 0.4) is 0 Å². The summed E-state index contributed by atoms with van der Waals surface area (Å²) in [4.78, 5) is 15.2. The average Bonchev–Trinajstić information content (AvgIpc) is 2.45. The molecule has 20 heavy (non-hydrogen) atoms. The largest absolute Gasteiger partial charge is 0.326 e. The fourth-order valence-corrected chi connectivity index (χ4v) is 5.99. The minimum atomic E-state index is -0.149. The molecule has 4 bridgehead atoms. The summed E-state index contributed by atoms with van der Waals surface area (Å²) >= 11 is 0. The van der Waals surface area contributed by atoms with E-state index in [1.807, 2.05) is 4.90 Å². The molecule has 1 unspecified atom stereocenters. The third-order valence-electron chi connectivity index (χ3n) is 6.40. The molecule has 4 saturated carbocycles. The van der Waals surface area contributed by atoms with E-state index in [1.54, 1.807) is 0 Å². The van der Waals surface area contributed by atoms with Crippen molar-refractivity contribution in [2.75, 3.05) is 6.54 Å². The maximum Gasteiger partial charge on any atom is 0.229 e. The number of hydrogen-bond donors (Lipinski definition) is 0. The highest BCUT2D eigenvalue weighted by molar-refractivity contribution is 5.84. The molecule has 0 aromatic carbocycles. The van der Waals surface area contributed by atoms with E-state index in [0.29, 0.717) is 5.91 Å². The van der Waals surface area contributed by atoms with E-state index in [4.69, 9.17) is 0 Å². The summed E-state index contributed by atoms with van der Waals surface area (Å²) in [5, 5.41) is 9.35. The van der Waals surface area contributed by atoms with Gasteiger partial charge in [0.05, 0.1) is 11.5 Å². The van der Waals surface area contributed by atoms with Gasteiger partial charge < -0.3 is 4.90 Å². The first-order chi connectivity index (χ1) is 9.70. The van der Waals surface area contributed by atoms with E-state index in [0.717, 1.165) is 62.8 Å². The lowest BCUT2D eigenvalue weighted by atomic mass is 9.49. The molecule has 0 N–H and O–H groups in total. The highest BCUT2D eigenvalue weighted by atomic mass is 16.2. The van der Waals surface area contributed by atoms with Gasteiger partial charge in [0.1, 0.15) is 6.04 Å². The molecule has 1 saturated heterocycles. The van der Waals surface area contributed by atoms with Crippen LogP contribution < -0.4 is 0 Å². The van der Waals surface area contributed by atoms with E-state index in [1.165, 1.54) is 19.3 Å². The lowest BCUT2D eigenvalue weighted by molar-refractivity contribution is -0.160. The third kappa shape index (κ3) is 1.80. The topological polar surface area (TPSA) is 44.1 Å². The van der Waals surface area contributed by atoms with Crippen molar-refractivity contribution >= 4 is 5.91 Å². The van der Waals surface area contributed by atoms with Gasteiger partial charge in [-0.05, 0) is 75.5 Å². The monoisotopic (exact) mass is 272 g/mol. The predicted molar refractivity (Wildman–Crippen MR) is 75.6 cm³/mol. The van der Waals surface area contributed by atoms with Gasteiger partial charge >= 0.3 is 0 Å². The molecular weight excluding hydrogens is 248 g/mol. The Bertz CT molecular complexity index is 429. The zero-order chi connectivity index (χ0) is 13.7. The molecule has 3 nitrogen and oxygen atoms in total. The minimum absolute atomic E-state index is 0.0683. The highest BCUT2D eigenvalue weighted by Crippen LogP contribution is 2.60. The Labute approximate surface area is 121 Å². The number of amides is 1. The second-order valence-electron chi connectivity index (χ2n) is 7.84. The molecule has 5 aliphatic rings. The molecule has 4 aliphatic carbocycles. The van der Waals surface area contributed by atoms with E-state index >= 15 is 0 Å². The van der Waals surface area contributed by atoms with Gasteiger partial charge in [-0.2, -0.15) is 5.26 Å². The summed E-state index contributed by atoms with van der Waals surface area (Å²) in [7, 11) is 0. The van der Waals surface area contributed by atoms with E-state index in [-0.39, 0.29) is 11.5 Å². The standard InChI is InChI=1S/C17H24N2O/c18-11-15-3-1-2-4-19(15)16(20)17-8-12-5-13(9-17)7-14(6-12)10-17/h12-15H,1-10H2. The number of hydrogen-bond acceptors (Lipinski definition) is 2. The molecule has 1 aliphatic heterocycles. The Balaban J connectivity index is 1.60. The Morgan fingerprint density at radius 3 is 2.20 bits per heavy atom. The van der Waals surface area contributed by atoms with Gasteiger partial charge in [0, 0.05) is 6.54 Å². The highest BCUT2D eigenvalue weighted by Gasteiger charge is 2.56. The van der Waals surface area contributed by atoms with Crippen molar-refractivity contribution in [2.24, 2.45) is 23.2 Å². The molecule has 5 rings (SSSR count). The van der Waals surface area contributed by atoms with Crippen molar-refractivity contribution in [3.8, 4) is 6.07 Å². The quantitative estimate of drug-likeness (QED) is 0.736. The lowest BCUT2D eigenvalue weighted by Crippen LogP contribution is -2.57. The van der Waals surface area contributed by atoms with Crippen LogP contribution in [0, 0.1) is 34.5 Å². The zero-order valence-corrected chi connectivity index (χ0v) is 12.2. The Kier molecular flexibility index (Phi) is 2.84. The molecule has 108 valence electrons. The first-order valence-corrected chi connectivity index (χ1v) is 8.41. The van der Waals surface area contributed by atoms with Gasteiger partial charge in [-0.25, -0.2) is 0 Å². The van der Waals surface area contributed by atoms with Gasteiger partial charge in [-0.1, -0.05) is 0 Å². The molecule has 1 heterocycles. The maximum atomic E-state index is 13.2. The molecule has 0 spiro atoms. The van der Waals surface area contributed by atoms with Crippen LogP contribution in [0.15, 0.2) is 0 Å². The van der Waals surface area contributed by atoms with Crippen LogP contribution in [0.4, 0.5) is 0 Å². The SMILES string of the molecule is N#CC1CCCCN1C(=O)C12CC3CC(CC(C3)C1)C2. The number of nitriles is 1. The van der Waals surface area contributed by atoms with E-state index in [9.17, 15) is 10.1 Å². The minimum Gasteiger partial charge on any atom is -0.326 e. The van der Waals surface area contributed by atoms with Gasteiger partial charge in [0.25, 0.3) is 0 Å². The van der Waals surface area contributed by atoms with Gasteiger partial charge in [0.15, 0.2) is 0 Å². The average molecular weight is 272 g/mol. The smallest absolute Gasteiger partial charge is 0.229 e. The molecule has 0 radical (unpaired) electrons. The molecule has 0 aromatic rings. The summed E-state index contributed by atoms with van der Waals surface area (Å²) in [5.41, 5.74) is -0.0683. The zero-order valence-electron chi connectivity index (χ0n) is 12.2. The number of rotatable bonds is 1. The van der Waals surface area contributed by atoms with E-state index < -0.39 is 0 Å². The van der Waals surface area contributed by atoms with Crippen LogP contribution in [0.2, 0.25) is 0 Å². The van der Waals surface area contributed by atoms with Crippen molar-refractivity contribution in [3.05, 3.63) is 0 Å².